The minimum absolute atomic E-state index is 1.06. The van der Waals surface area contributed by atoms with Crippen LogP contribution in [-0.2, 0) is 0 Å². The molecule has 4 nitrogen and oxygen atoms in total. The summed E-state index contributed by atoms with van der Waals surface area (Å²) in [6, 6.07) is 135. The summed E-state index contributed by atoms with van der Waals surface area (Å²) in [4.78, 5) is 9.29. The molecule has 14 rings (SSSR count). The van der Waals surface area contributed by atoms with Crippen LogP contribution in [0.3, 0.4) is 0 Å². The zero-order valence-corrected chi connectivity index (χ0v) is 48.6. The molecule has 0 N–H and O–H groups in total. The molecule has 0 saturated heterocycles. The van der Waals surface area contributed by atoms with Crippen molar-refractivity contribution in [3.8, 4) is 55.6 Å². The highest BCUT2D eigenvalue weighted by Gasteiger charge is 2.19. The number of hydrogen-bond donors (Lipinski definition) is 0. The van der Waals surface area contributed by atoms with E-state index in [9.17, 15) is 0 Å². The number of anilines is 12. The van der Waals surface area contributed by atoms with E-state index in [0.29, 0.717) is 0 Å². The summed E-state index contributed by atoms with van der Waals surface area (Å²) < 4.78 is 0. The Hall–Kier alpha value is -11.7. The van der Waals surface area contributed by atoms with E-state index in [1.54, 1.807) is 0 Å². The Labute approximate surface area is 516 Å². The third-order valence-electron chi connectivity index (χ3n) is 16.3. The summed E-state index contributed by atoms with van der Waals surface area (Å²) >= 11 is 0. The molecule has 0 bridgehead atoms. The van der Waals surface area contributed by atoms with Crippen LogP contribution in [0.5, 0.6) is 0 Å². The smallest absolute Gasteiger partial charge is 0.0463 e. The molecule has 14 aromatic carbocycles. The van der Waals surface area contributed by atoms with Crippen molar-refractivity contribution in [2.75, 3.05) is 19.6 Å². The van der Waals surface area contributed by atoms with Crippen LogP contribution in [0.15, 0.2) is 376 Å². The van der Waals surface area contributed by atoms with Crippen LogP contribution < -0.4 is 19.6 Å². The van der Waals surface area contributed by atoms with Gasteiger partial charge < -0.3 is 19.6 Å². The van der Waals surface area contributed by atoms with Crippen LogP contribution in [0.1, 0.15) is 0 Å². The van der Waals surface area contributed by atoms with Gasteiger partial charge in [0.2, 0.25) is 0 Å². The summed E-state index contributed by atoms with van der Waals surface area (Å²) in [6.45, 7) is 0. The fraction of sp³-hybridized carbons (Fsp3) is 0. The van der Waals surface area contributed by atoms with Gasteiger partial charge >= 0.3 is 0 Å². The van der Waals surface area contributed by atoms with Gasteiger partial charge in [-0.2, -0.15) is 0 Å². The SMILES string of the molecule is c1ccc(-c2ccc(-c3ccc(N(c4ccc(-c5ccc(-c6ccc(N(c7ccc(-c8ccccc8)cc7)c7ccc(N(c8ccccc8)c8ccccc8)cc7)cc6)cc5)cc4)c4ccc(N(c5ccccc5)c5ccccc5)cc4)cc3)cc2)cc1. The molecule has 0 saturated carbocycles. The Morgan fingerprint density at radius 2 is 0.193 bits per heavy atom. The second kappa shape index (κ2) is 25.2. The van der Waals surface area contributed by atoms with Gasteiger partial charge in [-0.15, -0.1) is 0 Å². The monoisotopic (exact) mass is 1130 g/mol. The second-order valence-corrected chi connectivity index (χ2v) is 21.8. The van der Waals surface area contributed by atoms with Gasteiger partial charge in [0.25, 0.3) is 0 Å². The lowest BCUT2D eigenvalue weighted by atomic mass is 9.99. The van der Waals surface area contributed by atoms with E-state index in [-0.39, 0.29) is 0 Å². The van der Waals surface area contributed by atoms with Gasteiger partial charge in [-0.1, -0.05) is 231 Å². The molecule has 4 heteroatoms. The predicted molar refractivity (Wildman–Crippen MR) is 372 cm³/mol. The summed E-state index contributed by atoms with van der Waals surface area (Å²) in [6.07, 6.45) is 0. The van der Waals surface area contributed by atoms with E-state index in [2.05, 4.69) is 396 Å². The summed E-state index contributed by atoms with van der Waals surface area (Å²) in [5, 5.41) is 0. The third kappa shape index (κ3) is 11.7. The van der Waals surface area contributed by atoms with E-state index in [4.69, 9.17) is 0 Å². The predicted octanol–water partition coefficient (Wildman–Crippen LogP) is 23.9. The molecular formula is C84H62N4. The molecule has 0 aliphatic heterocycles. The molecule has 88 heavy (non-hydrogen) atoms. The molecule has 0 amide bonds. The molecule has 0 atom stereocenters. The first-order valence-electron chi connectivity index (χ1n) is 30.0. The van der Waals surface area contributed by atoms with Gasteiger partial charge in [-0.05, 0) is 201 Å². The van der Waals surface area contributed by atoms with Crippen molar-refractivity contribution in [1.82, 2.24) is 0 Å². The molecule has 0 unspecified atom stereocenters. The van der Waals surface area contributed by atoms with Crippen LogP contribution >= 0.6 is 0 Å². The Kier molecular flexibility index (Phi) is 15.6. The first-order valence-corrected chi connectivity index (χ1v) is 30.0. The average Bonchev–Trinajstić information content (AvgIpc) is 3.66. The van der Waals surface area contributed by atoms with Crippen molar-refractivity contribution in [3.05, 3.63) is 376 Å². The fourth-order valence-corrected chi connectivity index (χ4v) is 11.8. The van der Waals surface area contributed by atoms with E-state index < -0.39 is 0 Å². The molecule has 0 heterocycles. The molecule has 0 spiro atoms. The van der Waals surface area contributed by atoms with Gasteiger partial charge in [0.05, 0.1) is 0 Å². The summed E-state index contributed by atoms with van der Waals surface area (Å²) in [5.41, 5.74) is 24.7. The topological polar surface area (TPSA) is 13.0 Å². The normalized spacial score (nSPS) is 11.0. The maximum atomic E-state index is 2.35. The lowest BCUT2D eigenvalue weighted by molar-refractivity contribution is 1.26. The van der Waals surface area contributed by atoms with E-state index >= 15 is 0 Å². The molecule has 14 aromatic rings. The quantitative estimate of drug-likeness (QED) is 0.0901. The molecule has 0 aliphatic rings. The third-order valence-corrected chi connectivity index (χ3v) is 16.3. The van der Waals surface area contributed by atoms with Crippen molar-refractivity contribution >= 4 is 68.2 Å². The number of nitrogens with zero attached hydrogens (tertiary/aromatic N) is 4. The highest BCUT2D eigenvalue weighted by molar-refractivity contribution is 5.86. The molecule has 0 aliphatic carbocycles. The van der Waals surface area contributed by atoms with E-state index in [1.165, 1.54) is 33.4 Å². The highest BCUT2D eigenvalue weighted by Crippen LogP contribution is 2.43. The Balaban J connectivity index is 0.743. The maximum absolute atomic E-state index is 2.35. The van der Waals surface area contributed by atoms with Crippen LogP contribution in [0, 0.1) is 0 Å². The lowest BCUT2D eigenvalue weighted by Gasteiger charge is -2.28. The van der Waals surface area contributed by atoms with Gasteiger partial charge in [-0.3, -0.25) is 0 Å². The molecule has 418 valence electrons. The zero-order valence-electron chi connectivity index (χ0n) is 48.6. The largest absolute Gasteiger partial charge is 0.311 e. The molecule has 0 fully saturated rings. The van der Waals surface area contributed by atoms with Crippen molar-refractivity contribution < 1.29 is 0 Å². The van der Waals surface area contributed by atoms with E-state index in [0.717, 1.165) is 90.5 Å². The number of rotatable bonds is 17. The summed E-state index contributed by atoms with van der Waals surface area (Å²) in [5.74, 6) is 0. The van der Waals surface area contributed by atoms with Crippen molar-refractivity contribution in [1.29, 1.82) is 0 Å². The first kappa shape index (κ1) is 54.2. The zero-order chi connectivity index (χ0) is 58.9. The van der Waals surface area contributed by atoms with Crippen molar-refractivity contribution in [3.63, 3.8) is 0 Å². The maximum Gasteiger partial charge on any atom is 0.0463 e. The van der Waals surface area contributed by atoms with Crippen LogP contribution in [0.2, 0.25) is 0 Å². The second-order valence-electron chi connectivity index (χ2n) is 21.8. The average molecular weight is 1130 g/mol. The fourth-order valence-electron chi connectivity index (χ4n) is 11.8. The highest BCUT2D eigenvalue weighted by atomic mass is 15.2. The minimum atomic E-state index is 1.06. The van der Waals surface area contributed by atoms with Crippen LogP contribution in [0.4, 0.5) is 68.2 Å². The van der Waals surface area contributed by atoms with E-state index in [1.807, 2.05) is 0 Å². The molecule has 0 aromatic heterocycles. The Morgan fingerprint density at radius 1 is 0.0909 bits per heavy atom. The van der Waals surface area contributed by atoms with Crippen LogP contribution in [0.25, 0.3) is 55.6 Å². The Morgan fingerprint density at radius 3 is 0.352 bits per heavy atom. The minimum Gasteiger partial charge on any atom is -0.311 e. The van der Waals surface area contributed by atoms with Gasteiger partial charge in [-0.25, -0.2) is 0 Å². The Bertz CT molecular complexity index is 4410. The molecular weight excluding hydrogens is 1060 g/mol. The van der Waals surface area contributed by atoms with Crippen molar-refractivity contribution in [2.45, 2.75) is 0 Å². The number of benzene rings is 14. The number of para-hydroxylation sites is 4. The van der Waals surface area contributed by atoms with Crippen LogP contribution in [-0.4, -0.2) is 0 Å². The van der Waals surface area contributed by atoms with Gasteiger partial charge in [0, 0.05) is 68.2 Å². The first-order chi connectivity index (χ1) is 43.6. The number of hydrogen-bond acceptors (Lipinski definition) is 4. The molecule has 0 radical (unpaired) electrons. The summed E-state index contributed by atoms with van der Waals surface area (Å²) in [7, 11) is 0. The lowest BCUT2D eigenvalue weighted by Crippen LogP contribution is -2.12. The van der Waals surface area contributed by atoms with Gasteiger partial charge in [0.1, 0.15) is 0 Å². The van der Waals surface area contributed by atoms with Gasteiger partial charge in [0.15, 0.2) is 0 Å². The standard InChI is InChI=1S/C84H62N4/c1-7-19-63(20-8-1)65-31-33-66(34-32-65)70-41-49-79(50-42-70)88(84-61-57-82(58-62-84)86(75-27-15-5-16-28-75)76-29-17-6-18-30-76)80-53-45-72(46-54-80)68-37-35-67(36-38-68)71-43-51-78(52-44-71)87(77-47-39-69(40-48-77)64-21-9-2-10-22-64)83-59-55-81(56-60-83)85(73-23-11-3-12-24-73)74-25-13-4-14-26-74/h1-62H. The van der Waals surface area contributed by atoms with Crippen molar-refractivity contribution in [2.24, 2.45) is 0 Å².